The molecular formula is C22H21N5O3S. The number of nitrogens with one attached hydrogen (secondary N) is 1. The van der Waals surface area contributed by atoms with Gasteiger partial charge in [-0.1, -0.05) is 0 Å². The molecule has 3 heterocycles. The van der Waals surface area contributed by atoms with Crippen molar-refractivity contribution in [3.05, 3.63) is 59.2 Å². The molecule has 0 bridgehead atoms. The van der Waals surface area contributed by atoms with Gasteiger partial charge in [0.1, 0.15) is 11.8 Å². The Morgan fingerprint density at radius 3 is 2.61 bits per heavy atom. The van der Waals surface area contributed by atoms with Crippen molar-refractivity contribution in [1.29, 1.82) is 5.26 Å². The second-order valence-corrected chi connectivity index (χ2v) is 9.39. The average Bonchev–Trinajstić information content (AvgIpc) is 3.55. The fourth-order valence-electron chi connectivity index (χ4n) is 3.37. The van der Waals surface area contributed by atoms with Crippen molar-refractivity contribution in [2.45, 2.75) is 32.6 Å². The Hall–Kier alpha value is -3.51. The third kappa shape index (κ3) is 4.81. The largest absolute Gasteiger partial charge is 0.435 e. The first-order valence-corrected chi connectivity index (χ1v) is 11.6. The number of sulfonamides is 1. The van der Waals surface area contributed by atoms with E-state index in [0.717, 1.165) is 30.4 Å². The fraction of sp³-hybridized carbons (Fsp3) is 0.273. The number of rotatable bonds is 6. The summed E-state index contributed by atoms with van der Waals surface area (Å²) in [4.78, 5) is 13.1. The molecule has 31 heavy (non-hydrogen) atoms. The van der Waals surface area contributed by atoms with Crippen molar-refractivity contribution in [3.8, 4) is 29.0 Å². The van der Waals surface area contributed by atoms with Crippen LogP contribution in [0.3, 0.4) is 0 Å². The van der Waals surface area contributed by atoms with Crippen molar-refractivity contribution in [1.82, 2.24) is 15.0 Å². The molecule has 3 aromatic rings. The number of aromatic nitrogens is 3. The van der Waals surface area contributed by atoms with Gasteiger partial charge in [-0.05, 0) is 56.9 Å². The Balaban J connectivity index is 1.82. The van der Waals surface area contributed by atoms with E-state index in [-0.39, 0.29) is 11.6 Å². The molecule has 1 fully saturated rings. The monoisotopic (exact) mass is 435 g/mol. The van der Waals surface area contributed by atoms with Crippen LogP contribution < -0.4 is 9.46 Å². The summed E-state index contributed by atoms with van der Waals surface area (Å²) in [5.74, 6) is 1.11. The summed E-state index contributed by atoms with van der Waals surface area (Å²) >= 11 is 0. The van der Waals surface area contributed by atoms with Gasteiger partial charge in [0, 0.05) is 29.2 Å². The van der Waals surface area contributed by atoms with Crippen LogP contribution in [0.4, 0.5) is 5.69 Å². The SMILES string of the molecule is Cc1cc(C2CC2)c(Oc2nc(-c3cncc(C#N)c3)ccc2NS(C)(=O)=O)c(C)n1. The van der Waals surface area contributed by atoms with E-state index in [1.54, 1.807) is 24.4 Å². The van der Waals surface area contributed by atoms with Crippen LogP contribution in [0, 0.1) is 25.2 Å². The Morgan fingerprint density at radius 1 is 1.16 bits per heavy atom. The summed E-state index contributed by atoms with van der Waals surface area (Å²) in [5.41, 5.74) is 4.41. The zero-order valence-electron chi connectivity index (χ0n) is 17.4. The van der Waals surface area contributed by atoms with E-state index in [2.05, 4.69) is 25.7 Å². The van der Waals surface area contributed by atoms with Crippen LogP contribution in [0.5, 0.6) is 11.6 Å². The molecule has 0 aliphatic heterocycles. The molecule has 3 aromatic heterocycles. The second kappa shape index (κ2) is 7.96. The van der Waals surface area contributed by atoms with Crippen LogP contribution in [0.2, 0.25) is 0 Å². The number of pyridine rings is 3. The first-order valence-electron chi connectivity index (χ1n) is 9.74. The molecule has 0 atom stereocenters. The second-order valence-electron chi connectivity index (χ2n) is 7.64. The number of aryl methyl sites for hydroxylation is 2. The van der Waals surface area contributed by atoms with Gasteiger partial charge in [0.25, 0.3) is 0 Å². The third-order valence-electron chi connectivity index (χ3n) is 4.83. The molecule has 1 aliphatic rings. The van der Waals surface area contributed by atoms with Crippen LogP contribution in [0.1, 0.15) is 41.3 Å². The maximum absolute atomic E-state index is 11.9. The summed E-state index contributed by atoms with van der Waals surface area (Å²) in [6, 6.07) is 8.97. The number of hydrogen-bond acceptors (Lipinski definition) is 7. The molecule has 1 N–H and O–H groups in total. The standard InChI is InChI=1S/C22H21N5O3S/c1-13-8-18(16-4-5-16)21(14(2)25-13)30-22-20(27-31(3,28)29)7-6-19(26-22)17-9-15(10-23)11-24-12-17/h6-9,11-12,16,27H,4-5H2,1-3H3. The lowest BCUT2D eigenvalue weighted by molar-refractivity contribution is 0.453. The van der Waals surface area contributed by atoms with Crippen LogP contribution in [-0.2, 0) is 10.0 Å². The molecule has 1 aliphatic carbocycles. The lowest BCUT2D eigenvalue weighted by Crippen LogP contribution is -2.11. The van der Waals surface area contributed by atoms with Gasteiger partial charge in [0.15, 0.2) is 5.75 Å². The van der Waals surface area contributed by atoms with Crippen molar-refractivity contribution in [2.24, 2.45) is 0 Å². The average molecular weight is 436 g/mol. The molecule has 9 heteroatoms. The highest BCUT2D eigenvalue weighted by atomic mass is 32.2. The molecule has 158 valence electrons. The van der Waals surface area contributed by atoms with Gasteiger partial charge < -0.3 is 4.74 Å². The predicted molar refractivity (Wildman–Crippen MR) is 116 cm³/mol. The number of hydrogen-bond donors (Lipinski definition) is 1. The molecular weight excluding hydrogens is 414 g/mol. The van der Waals surface area contributed by atoms with Crippen LogP contribution in [0.25, 0.3) is 11.3 Å². The zero-order chi connectivity index (χ0) is 22.2. The van der Waals surface area contributed by atoms with Gasteiger partial charge in [0.05, 0.1) is 23.2 Å². The highest BCUT2D eigenvalue weighted by Crippen LogP contribution is 2.47. The Kier molecular flexibility index (Phi) is 5.33. The Labute approximate surface area is 181 Å². The van der Waals surface area contributed by atoms with E-state index < -0.39 is 10.0 Å². The highest BCUT2D eigenvalue weighted by Gasteiger charge is 2.29. The molecule has 0 radical (unpaired) electrons. The lowest BCUT2D eigenvalue weighted by Gasteiger charge is -2.17. The first kappa shape index (κ1) is 20.8. The fourth-order valence-corrected chi connectivity index (χ4v) is 3.93. The van der Waals surface area contributed by atoms with E-state index in [1.807, 2.05) is 19.9 Å². The number of ether oxygens (including phenoxy) is 1. The van der Waals surface area contributed by atoms with Gasteiger partial charge >= 0.3 is 0 Å². The Morgan fingerprint density at radius 2 is 1.94 bits per heavy atom. The molecule has 1 saturated carbocycles. The third-order valence-corrected chi connectivity index (χ3v) is 5.42. The number of nitriles is 1. The minimum atomic E-state index is -3.55. The zero-order valence-corrected chi connectivity index (χ0v) is 18.2. The van der Waals surface area contributed by atoms with Crippen molar-refractivity contribution in [2.75, 3.05) is 11.0 Å². The normalized spacial score (nSPS) is 13.5. The summed E-state index contributed by atoms with van der Waals surface area (Å²) in [6.07, 6.45) is 6.27. The van der Waals surface area contributed by atoms with Crippen molar-refractivity contribution in [3.63, 3.8) is 0 Å². The van der Waals surface area contributed by atoms with Crippen LogP contribution >= 0.6 is 0 Å². The number of anilines is 1. The molecule has 0 aromatic carbocycles. The molecule has 0 saturated heterocycles. The molecule has 0 spiro atoms. The quantitative estimate of drug-likeness (QED) is 0.620. The van der Waals surface area contributed by atoms with E-state index in [9.17, 15) is 8.42 Å². The topological polar surface area (TPSA) is 118 Å². The van der Waals surface area contributed by atoms with E-state index >= 15 is 0 Å². The van der Waals surface area contributed by atoms with Gasteiger partial charge in [-0.3, -0.25) is 14.7 Å². The molecule has 8 nitrogen and oxygen atoms in total. The molecule has 4 rings (SSSR count). The summed E-state index contributed by atoms with van der Waals surface area (Å²) in [5, 5.41) is 9.15. The van der Waals surface area contributed by atoms with E-state index in [0.29, 0.717) is 34.2 Å². The smallest absolute Gasteiger partial charge is 0.244 e. The van der Waals surface area contributed by atoms with Crippen molar-refractivity contribution >= 4 is 15.7 Å². The van der Waals surface area contributed by atoms with E-state index in [4.69, 9.17) is 10.00 Å². The van der Waals surface area contributed by atoms with Gasteiger partial charge in [-0.15, -0.1) is 0 Å². The van der Waals surface area contributed by atoms with Crippen molar-refractivity contribution < 1.29 is 13.2 Å². The van der Waals surface area contributed by atoms with E-state index in [1.165, 1.54) is 6.20 Å². The van der Waals surface area contributed by atoms with Crippen LogP contribution in [0.15, 0.2) is 36.7 Å². The van der Waals surface area contributed by atoms with Gasteiger partial charge in [-0.2, -0.15) is 5.26 Å². The predicted octanol–water partition coefficient (Wildman–Crippen LogP) is 4.07. The van der Waals surface area contributed by atoms with Gasteiger partial charge in [-0.25, -0.2) is 13.4 Å². The van der Waals surface area contributed by atoms with Crippen LogP contribution in [-0.4, -0.2) is 29.6 Å². The maximum atomic E-state index is 11.9. The Bertz CT molecular complexity index is 1310. The minimum Gasteiger partial charge on any atom is -0.435 e. The number of nitrogens with zero attached hydrogens (tertiary/aromatic N) is 4. The summed E-state index contributed by atoms with van der Waals surface area (Å²) in [6.45, 7) is 3.80. The minimum absolute atomic E-state index is 0.112. The lowest BCUT2D eigenvalue weighted by atomic mass is 10.1. The maximum Gasteiger partial charge on any atom is 0.244 e. The molecule has 0 amide bonds. The summed E-state index contributed by atoms with van der Waals surface area (Å²) < 4.78 is 32.4. The summed E-state index contributed by atoms with van der Waals surface area (Å²) in [7, 11) is -3.55. The molecule has 0 unspecified atom stereocenters. The first-order chi connectivity index (χ1) is 14.7. The van der Waals surface area contributed by atoms with Gasteiger partial charge in [0.2, 0.25) is 15.9 Å². The highest BCUT2D eigenvalue weighted by molar-refractivity contribution is 7.92.